The van der Waals surface area contributed by atoms with Crippen molar-refractivity contribution < 1.29 is 4.79 Å². The van der Waals surface area contributed by atoms with Gasteiger partial charge >= 0.3 is 0 Å². The Hall–Kier alpha value is -2.62. The second kappa shape index (κ2) is 7.33. The number of fused-ring (bicyclic) bond motifs is 2. The minimum Gasteiger partial charge on any atom is -0.340 e. The average molecular weight is 408 g/mol. The highest BCUT2D eigenvalue weighted by Crippen LogP contribution is 2.41. The monoisotopic (exact) mass is 407 g/mol. The molecule has 7 heteroatoms. The zero-order chi connectivity index (χ0) is 20.0. The van der Waals surface area contributed by atoms with Crippen molar-refractivity contribution in [3.63, 3.8) is 0 Å². The van der Waals surface area contributed by atoms with Crippen LogP contribution in [0.3, 0.4) is 0 Å². The van der Waals surface area contributed by atoms with Crippen molar-refractivity contribution in [1.29, 1.82) is 0 Å². The molecule has 6 nitrogen and oxygen atoms in total. The molecule has 1 aliphatic carbocycles. The number of terminal acetylenes is 1. The number of piperazine rings is 1. The highest BCUT2D eigenvalue weighted by molar-refractivity contribution is 6.28. The van der Waals surface area contributed by atoms with Gasteiger partial charge in [-0.15, -0.1) is 6.42 Å². The van der Waals surface area contributed by atoms with Crippen LogP contribution in [0.25, 0.3) is 0 Å². The van der Waals surface area contributed by atoms with E-state index in [9.17, 15) is 4.79 Å². The number of nitrogens with zero attached hydrogens (tertiary/aromatic N) is 5. The van der Waals surface area contributed by atoms with Crippen LogP contribution >= 0.6 is 11.6 Å². The van der Waals surface area contributed by atoms with Crippen molar-refractivity contribution in [1.82, 2.24) is 19.8 Å². The van der Waals surface area contributed by atoms with E-state index in [-0.39, 0.29) is 11.3 Å². The average Bonchev–Trinajstić information content (AvgIpc) is 3.36. The quantitative estimate of drug-likeness (QED) is 0.444. The van der Waals surface area contributed by atoms with E-state index < -0.39 is 0 Å². The lowest BCUT2D eigenvalue weighted by Gasteiger charge is -2.38. The van der Waals surface area contributed by atoms with E-state index in [4.69, 9.17) is 18.0 Å². The molecule has 0 bridgehead atoms. The Bertz CT molecular complexity index is 1000. The van der Waals surface area contributed by atoms with Crippen molar-refractivity contribution in [2.45, 2.75) is 38.0 Å². The van der Waals surface area contributed by atoms with E-state index in [1.807, 2.05) is 0 Å². The van der Waals surface area contributed by atoms with Gasteiger partial charge in [-0.25, -0.2) is 9.97 Å². The number of carbonyl (C=O) groups is 1. The van der Waals surface area contributed by atoms with Gasteiger partial charge in [0.25, 0.3) is 0 Å². The molecule has 1 saturated heterocycles. The van der Waals surface area contributed by atoms with Gasteiger partial charge in [-0.3, -0.25) is 9.69 Å². The molecule has 3 aliphatic rings. The zero-order valence-electron chi connectivity index (χ0n) is 16.1. The molecule has 5 rings (SSSR count). The molecule has 2 aromatic rings. The number of halogens is 1. The standard InChI is InChI=1S/C22H22ClN5O/c1-2-16-11-26(14-29)9-10-28(16)21-18-12-27(13-19(18)24-22(23)25-21)20-8-7-15-5-3-4-6-17(15)20/h1,3-6,14,16,20H,7-13H2/t16-,20?/m0/s1. The van der Waals surface area contributed by atoms with E-state index in [1.165, 1.54) is 11.1 Å². The molecule has 0 N–H and O–H groups in total. The van der Waals surface area contributed by atoms with Crippen LogP contribution in [-0.2, 0) is 24.3 Å². The van der Waals surface area contributed by atoms with Crippen molar-refractivity contribution in [2.24, 2.45) is 0 Å². The number of hydrogen-bond acceptors (Lipinski definition) is 5. The van der Waals surface area contributed by atoms with Crippen LogP contribution in [0.1, 0.15) is 34.8 Å². The lowest BCUT2D eigenvalue weighted by atomic mass is 10.1. The Morgan fingerprint density at radius 2 is 2.07 bits per heavy atom. The third-order valence-corrected chi connectivity index (χ3v) is 6.49. The summed E-state index contributed by atoms with van der Waals surface area (Å²) in [4.78, 5) is 26.6. The summed E-state index contributed by atoms with van der Waals surface area (Å²) >= 11 is 6.30. The molecule has 0 saturated carbocycles. The van der Waals surface area contributed by atoms with Crippen LogP contribution in [-0.4, -0.2) is 51.9 Å². The summed E-state index contributed by atoms with van der Waals surface area (Å²) in [6.45, 7) is 3.30. The van der Waals surface area contributed by atoms with Crippen LogP contribution in [0.4, 0.5) is 5.82 Å². The molecule has 3 heterocycles. The highest BCUT2D eigenvalue weighted by Gasteiger charge is 2.36. The lowest BCUT2D eigenvalue weighted by molar-refractivity contribution is -0.118. The van der Waals surface area contributed by atoms with Gasteiger partial charge in [0.1, 0.15) is 11.9 Å². The van der Waals surface area contributed by atoms with Gasteiger partial charge in [-0.05, 0) is 35.6 Å². The largest absolute Gasteiger partial charge is 0.340 e. The number of aryl methyl sites for hydroxylation is 1. The first-order chi connectivity index (χ1) is 14.2. The van der Waals surface area contributed by atoms with E-state index in [0.717, 1.165) is 49.4 Å². The third-order valence-electron chi connectivity index (χ3n) is 6.32. The van der Waals surface area contributed by atoms with Crippen molar-refractivity contribution >= 4 is 23.8 Å². The Morgan fingerprint density at radius 1 is 1.21 bits per heavy atom. The Morgan fingerprint density at radius 3 is 2.90 bits per heavy atom. The van der Waals surface area contributed by atoms with Crippen molar-refractivity contribution in [2.75, 3.05) is 24.5 Å². The highest BCUT2D eigenvalue weighted by atomic mass is 35.5. The predicted octanol–water partition coefficient (Wildman–Crippen LogP) is 2.41. The SMILES string of the molecule is C#C[C@H]1CN(C=O)CCN1c1nc(Cl)nc2c1CN(C1CCc3ccccc31)C2. The van der Waals surface area contributed by atoms with Gasteiger partial charge in [-0.1, -0.05) is 30.2 Å². The van der Waals surface area contributed by atoms with Crippen LogP contribution < -0.4 is 4.90 Å². The Balaban J connectivity index is 1.46. The fourth-order valence-corrected chi connectivity index (χ4v) is 5.08. The maximum absolute atomic E-state index is 11.2. The molecule has 0 spiro atoms. The third kappa shape index (κ3) is 3.15. The van der Waals surface area contributed by atoms with Crippen molar-refractivity contribution in [3.8, 4) is 12.3 Å². The molecule has 2 aliphatic heterocycles. The van der Waals surface area contributed by atoms with Crippen LogP contribution in [0.5, 0.6) is 0 Å². The Labute approximate surface area is 175 Å². The normalized spacial score (nSPS) is 23.6. The molecule has 1 aromatic heterocycles. The first-order valence-corrected chi connectivity index (χ1v) is 10.3. The summed E-state index contributed by atoms with van der Waals surface area (Å²) in [6, 6.07) is 8.87. The minimum absolute atomic E-state index is 0.217. The van der Waals surface area contributed by atoms with Crippen LogP contribution in [0.15, 0.2) is 24.3 Å². The summed E-state index contributed by atoms with van der Waals surface area (Å²) in [5.74, 6) is 3.64. The first kappa shape index (κ1) is 18.4. The number of aromatic nitrogens is 2. The molecular weight excluding hydrogens is 386 g/mol. The molecule has 1 amide bonds. The molecule has 1 unspecified atom stereocenters. The molecular formula is C22H22ClN5O. The maximum atomic E-state index is 11.2. The number of hydrogen-bond donors (Lipinski definition) is 0. The summed E-state index contributed by atoms with van der Waals surface area (Å²) in [5, 5.41) is 0.251. The molecule has 0 radical (unpaired) electrons. The summed E-state index contributed by atoms with van der Waals surface area (Å²) in [6.07, 6.45) is 8.88. The van der Waals surface area contributed by atoms with Gasteiger partial charge in [0, 0.05) is 37.8 Å². The van der Waals surface area contributed by atoms with E-state index in [1.54, 1.807) is 4.90 Å². The number of amides is 1. The molecule has 29 heavy (non-hydrogen) atoms. The summed E-state index contributed by atoms with van der Waals surface area (Å²) in [5.41, 5.74) is 4.95. The fraction of sp³-hybridized carbons (Fsp3) is 0.409. The predicted molar refractivity (Wildman–Crippen MR) is 111 cm³/mol. The van der Waals surface area contributed by atoms with Gasteiger partial charge in [0.2, 0.25) is 11.7 Å². The topological polar surface area (TPSA) is 52.6 Å². The number of carbonyl (C=O) groups excluding carboxylic acids is 1. The van der Waals surface area contributed by atoms with E-state index in [2.05, 4.69) is 50.0 Å². The van der Waals surface area contributed by atoms with Crippen LogP contribution in [0, 0.1) is 12.3 Å². The molecule has 1 fully saturated rings. The van der Waals surface area contributed by atoms with E-state index in [0.29, 0.717) is 25.7 Å². The fourth-order valence-electron chi connectivity index (χ4n) is 4.90. The van der Waals surface area contributed by atoms with E-state index >= 15 is 0 Å². The van der Waals surface area contributed by atoms with Gasteiger partial charge in [0.15, 0.2) is 0 Å². The van der Waals surface area contributed by atoms with Crippen molar-refractivity contribution in [3.05, 3.63) is 51.9 Å². The Kier molecular flexibility index (Phi) is 4.65. The molecule has 2 atom stereocenters. The van der Waals surface area contributed by atoms with Gasteiger partial charge < -0.3 is 9.80 Å². The summed E-state index contributed by atoms with van der Waals surface area (Å²) < 4.78 is 0. The summed E-state index contributed by atoms with van der Waals surface area (Å²) in [7, 11) is 0. The second-order valence-corrected chi connectivity index (χ2v) is 8.21. The number of anilines is 1. The second-order valence-electron chi connectivity index (χ2n) is 7.88. The lowest BCUT2D eigenvalue weighted by Crippen LogP contribution is -2.52. The first-order valence-electron chi connectivity index (χ1n) is 9.97. The number of benzene rings is 1. The maximum Gasteiger partial charge on any atom is 0.224 e. The molecule has 148 valence electrons. The smallest absolute Gasteiger partial charge is 0.224 e. The van der Waals surface area contributed by atoms with Crippen LogP contribution in [0.2, 0.25) is 5.28 Å². The van der Waals surface area contributed by atoms with Gasteiger partial charge in [-0.2, -0.15) is 0 Å². The number of rotatable bonds is 3. The van der Waals surface area contributed by atoms with Gasteiger partial charge in [0.05, 0.1) is 12.2 Å². The zero-order valence-corrected chi connectivity index (χ0v) is 16.8. The minimum atomic E-state index is -0.217. The molecule has 1 aromatic carbocycles.